The molecule has 0 bridgehead atoms. The second-order valence-electron chi connectivity index (χ2n) is 4.63. The van der Waals surface area contributed by atoms with Crippen LogP contribution in [-0.2, 0) is 11.2 Å². The molecule has 1 atom stereocenters. The molecule has 0 spiro atoms. The molecule has 1 aliphatic carbocycles. The monoisotopic (exact) mass is 292 g/mol. The summed E-state index contributed by atoms with van der Waals surface area (Å²) >= 11 is 1.73. The molecule has 2 heterocycles. The summed E-state index contributed by atoms with van der Waals surface area (Å²) in [6, 6.07) is 2.30. The van der Waals surface area contributed by atoms with E-state index in [2.05, 4.69) is 31.9 Å². The molecular formula is C13H16N4O2S. The summed E-state index contributed by atoms with van der Waals surface area (Å²) in [6.07, 6.45) is 3.00. The molecule has 20 heavy (non-hydrogen) atoms. The first-order valence-corrected chi connectivity index (χ1v) is 7.58. The molecule has 0 aliphatic heterocycles. The van der Waals surface area contributed by atoms with E-state index < -0.39 is 0 Å². The summed E-state index contributed by atoms with van der Waals surface area (Å²) in [5.41, 5.74) is 1.16. The molecule has 0 fully saturated rings. The Morgan fingerprint density at radius 2 is 2.55 bits per heavy atom. The number of anilines is 1. The highest BCUT2D eigenvalue weighted by atomic mass is 32.1. The number of fused-ring (bicyclic) bond motifs is 1. The van der Waals surface area contributed by atoms with Crippen LogP contribution >= 0.6 is 11.3 Å². The number of thiophene rings is 1. The molecule has 7 heteroatoms. The van der Waals surface area contributed by atoms with E-state index in [-0.39, 0.29) is 17.8 Å². The van der Waals surface area contributed by atoms with Crippen molar-refractivity contribution in [3.63, 3.8) is 0 Å². The highest BCUT2D eigenvalue weighted by Gasteiger charge is 2.27. The summed E-state index contributed by atoms with van der Waals surface area (Å²) in [4.78, 5) is 17.7. The van der Waals surface area contributed by atoms with E-state index in [1.807, 2.05) is 6.92 Å². The van der Waals surface area contributed by atoms with Crippen molar-refractivity contribution in [1.82, 2.24) is 15.2 Å². The SMILES string of the molecule is CCOc1n[nH]c(NC(=O)C2CCCc3sccc32)n1. The van der Waals surface area contributed by atoms with Gasteiger partial charge >= 0.3 is 6.01 Å². The third-order valence-corrected chi connectivity index (χ3v) is 4.34. The second-order valence-corrected chi connectivity index (χ2v) is 5.63. The molecule has 0 saturated carbocycles. The standard InChI is InChI=1S/C13H16N4O2S/c1-2-19-13-15-12(16-17-13)14-11(18)9-4-3-5-10-8(9)6-7-20-10/h6-7,9H,2-5H2,1H3,(H2,14,15,16,17,18). The van der Waals surface area contributed by atoms with E-state index in [1.54, 1.807) is 11.3 Å². The van der Waals surface area contributed by atoms with E-state index in [0.717, 1.165) is 24.8 Å². The van der Waals surface area contributed by atoms with E-state index in [4.69, 9.17) is 4.74 Å². The predicted molar refractivity (Wildman–Crippen MR) is 76.2 cm³/mol. The zero-order chi connectivity index (χ0) is 13.9. The van der Waals surface area contributed by atoms with Crippen LogP contribution in [0.1, 0.15) is 36.1 Å². The fourth-order valence-electron chi connectivity index (χ4n) is 2.46. The lowest BCUT2D eigenvalue weighted by atomic mass is 9.87. The maximum atomic E-state index is 12.4. The minimum absolute atomic E-state index is 0.0384. The number of aromatic nitrogens is 3. The van der Waals surface area contributed by atoms with Gasteiger partial charge in [-0.2, -0.15) is 4.98 Å². The number of nitrogens with zero attached hydrogens (tertiary/aromatic N) is 2. The van der Waals surface area contributed by atoms with Gasteiger partial charge in [-0.05, 0) is 43.2 Å². The fourth-order valence-corrected chi connectivity index (χ4v) is 3.45. The zero-order valence-corrected chi connectivity index (χ0v) is 12.0. The number of ether oxygens (including phenoxy) is 1. The number of hydrogen-bond donors (Lipinski definition) is 2. The minimum atomic E-state index is -0.0920. The Labute approximate surface area is 120 Å². The maximum absolute atomic E-state index is 12.4. The van der Waals surface area contributed by atoms with E-state index in [1.165, 1.54) is 4.88 Å². The molecule has 0 radical (unpaired) electrons. The number of carbonyl (C=O) groups excluding carboxylic acids is 1. The van der Waals surface area contributed by atoms with Crippen LogP contribution in [0.2, 0.25) is 0 Å². The van der Waals surface area contributed by atoms with Crippen LogP contribution < -0.4 is 10.1 Å². The average molecular weight is 292 g/mol. The van der Waals surface area contributed by atoms with E-state index in [9.17, 15) is 4.79 Å². The molecule has 6 nitrogen and oxygen atoms in total. The smallest absolute Gasteiger partial charge is 0.337 e. The Morgan fingerprint density at radius 1 is 1.65 bits per heavy atom. The molecule has 1 aliphatic rings. The van der Waals surface area contributed by atoms with Crippen molar-refractivity contribution in [3.05, 3.63) is 21.9 Å². The molecule has 0 aromatic carbocycles. The zero-order valence-electron chi connectivity index (χ0n) is 11.2. The van der Waals surface area contributed by atoms with Gasteiger partial charge in [0, 0.05) is 4.88 Å². The quantitative estimate of drug-likeness (QED) is 0.906. The van der Waals surface area contributed by atoms with E-state index in [0.29, 0.717) is 12.6 Å². The van der Waals surface area contributed by atoms with Crippen molar-refractivity contribution in [1.29, 1.82) is 0 Å². The van der Waals surface area contributed by atoms with Crippen LogP contribution in [0.3, 0.4) is 0 Å². The first-order chi connectivity index (χ1) is 9.78. The summed E-state index contributed by atoms with van der Waals surface area (Å²) in [5, 5.41) is 11.4. The van der Waals surface area contributed by atoms with Crippen molar-refractivity contribution < 1.29 is 9.53 Å². The van der Waals surface area contributed by atoms with E-state index >= 15 is 0 Å². The van der Waals surface area contributed by atoms with Gasteiger partial charge in [-0.1, -0.05) is 0 Å². The van der Waals surface area contributed by atoms with Crippen LogP contribution in [-0.4, -0.2) is 27.7 Å². The molecular weight excluding hydrogens is 276 g/mol. The van der Waals surface area contributed by atoms with Gasteiger partial charge in [0.1, 0.15) is 0 Å². The third-order valence-electron chi connectivity index (χ3n) is 3.35. The lowest BCUT2D eigenvalue weighted by Gasteiger charge is -2.21. The second kappa shape index (κ2) is 5.62. The normalized spacial score (nSPS) is 17.6. The Balaban J connectivity index is 1.71. The Bertz CT molecular complexity index is 607. The molecule has 106 valence electrons. The summed E-state index contributed by atoms with van der Waals surface area (Å²) in [5.74, 6) is 0.204. The molecule has 0 saturated heterocycles. The Morgan fingerprint density at radius 3 is 3.40 bits per heavy atom. The highest BCUT2D eigenvalue weighted by molar-refractivity contribution is 7.10. The van der Waals surface area contributed by atoms with Gasteiger partial charge < -0.3 is 4.74 Å². The van der Waals surface area contributed by atoms with Gasteiger partial charge in [-0.25, -0.2) is 5.10 Å². The number of nitrogens with one attached hydrogen (secondary N) is 2. The number of aryl methyl sites for hydroxylation is 1. The first kappa shape index (κ1) is 13.1. The topological polar surface area (TPSA) is 79.9 Å². The minimum Gasteiger partial charge on any atom is -0.463 e. The van der Waals surface area contributed by atoms with Crippen molar-refractivity contribution in [3.8, 4) is 6.01 Å². The molecule has 1 unspecified atom stereocenters. The van der Waals surface area contributed by atoms with Crippen LogP contribution in [0, 0.1) is 0 Å². The Hall–Kier alpha value is -1.89. The van der Waals surface area contributed by atoms with Crippen LogP contribution in [0.25, 0.3) is 0 Å². The lowest BCUT2D eigenvalue weighted by Crippen LogP contribution is -2.24. The van der Waals surface area contributed by atoms with Gasteiger partial charge in [0.25, 0.3) is 0 Å². The van der Waals surface area contributed by atoms with Crippen molar-refractivity contribution in [2.75, 3.05) is 11.9 Å². The number of rotatable bonds is 4. The average Bonchev–Trinajstić information content (AvgIpc) is 3.07. The summed E-state index contributed by atoms with van der Waals surface area (Å²) in [6.45, 7) is 2.35. The first-order valence-electron chi connectivity index (χ1n) is 6.70. The summed E-state index contributed by atoms with van der Waals surface area (Å²) in [7, 11) is 0. The van der Waals surface area contributed by atoms with Gasteiger partial charge in [0.2, 0.25) is 11.9 Å². The maximum Gasteiger partial charge on any atom is 0.337 e. The van der Waals surface area contributed by atoms with Gasteiger partial charge in [0.05, 0.1) is 12.5 Å². The largest absolute Gasteiger partial charge is 0.463 e. The molecule has 2 N–H and O–H groups in total. The van der Waals surface area contributed by atoms with Crippen molar-refractivity contribution in [2.45, 2.75) is 32.1 Å². The van der Waals surface area contributed by atoms with Crippen LogP contribution in [0.5, 0.6) is 6.01 Å². The number of aromatic amines is 1. The van der Waals surface area contributed by atoms with Crippen molar-refractivity contribution in [2.24, 2.45) is 0 Å². The third kappa shape index (κ3) is 2.53. The summed E-state index contributed by atoms with van der Waals surface area (Å²) < 4.78 is 5.15. The Kier molecular flexibility index (Phi) is 3.68. The lowest BCUT2D eigenvalue weighted by molar-refractivity contribution is -0.117. The van der Waals surface area contributed by atoms with Gasteiger partial charge in [-0.3, -0.25) is 10.1 Å². The molecule has 2 aromatic rings. The highest BCUT2D eigenvalue weighted by Crippen LogP contribution is 2.35. The number of carbonyl (C=O) groups is 1. The van der Waals surface area contributed by atoms with Crippen LogP contribution in [0.15, 0.2) is 11.4 Å². The van der Waals surface area contributed by atoms with Crippen LogP contribution in [0.4, 0.5) is 5.95 Å². The number of H-pyrrole nitrogens is 1. The fraction of sp³-hybridized carbons (Fsp3) is 0.462. The van der Waals surface area contributed by atoms with Crippen molar-refractivity contribution >= 4 is 23.2 Å². The number of hydrogen-bond acceptors (Lipinski definition) is 5. The molecule has 1 amide bonds. The molecule has 3 rings (SSSR count). The van der Waals surface area contributed by atoms with Gasteiger partial charge in [-0.15, -0.1) is 16.4 Å². The number of amides is 1. The predicted octanol–water partition coefficient (Wildman–Crippen LogP) is 2.32. The molecule has 2 aromatic heterocycles. The van der Waals surface area contributed by atoms with Gasteiger partial charge in [0.15, 0.2) is 0 Å².